The maximum atomic E-state index is 12.4. The van der Waals surface area contributed by atoms with E-state index in [4.69, 9.17) is 11.6 Å². The first kappa shape index (κ1) is 14.8. The first-order valence-electron chi connectivity index (χ1n) is 6.46. The molecule has 0 spiro atoms. The van der Waals surface area contributed by atoms with Gasteiger partial charge in [0.25, 0.3) is 0 Å². The third-order valence-corrected chi connectivity index (χ3v) is 5.74. The minimum Gasteiger partial charge on any atom is -0.313 e. The van der Waals surface area contributed by atoms with E-state index in [1.807, 2.05) is 0 Å². The third kappa shape index (κ3) is 3.48. The molecule has 106 valence electrons. The van der Waals surface area contributed by atoms with Gasteiger partial charge in [-0.1, -0.05) is 30.2 Å². The van der Waals surface area contributed by atoms with Crippen molar-refractivity contribution in [3.63, 3.8) is 0 Å². The maximum Gasteiger partial charge on any atom is 0.244 e. The highest BCUT2D eigenvalue weighted by Gasteiger charge is 2.26. The van der Waals surface area contributed by atoms with Crippen molar-refractivity contribution >= 4 is 21.6 Å². The van der Waals surface area contributed by atoms with Crippen molar-refractivity contribution in [1.82, 2.24) is 9.62 Å². The predicted octanol–water partition coefficient (Wildman–Crippen LogP) is 2.10. The van der Waals surface area contributed by atoms with E-state index in [-0.39, 0.29) is 16.0 Å². The molecule has 1 fully saturated rings. The zero-order valence-electron chi connectivity index (χ0n) is 11.0. The fourth-order valence-electron chi connectivity index (χ4n) is 2.31. The number of halogens is 1. The highest BCUT2D eigenvalue weighted by molar-refractivity contribution is 7.89. The van der Waals surface area contributed by atoms with Crippen LogP contribution in [-0.2, 0) is 10.0 Å². The average molecular weight is 303 g/mol. The number of rotatable bonds is 4. The van der Waals surface area contributed by atoms with E-state index in [9.17, 15) is 8.42 Å². The summed E-state index contributed by atoms with van der Waals surface area (Å²) in [4.78, 5) is 0.176. The molecule has 1 aromatic rings. The van der Waals surface area contributed by atoms with Crippen LogP contribution in [0.2, 0.25) is 5.02 Å². The van der Waals surface area contributed by atoms with E-state index in [1.54, 1.807) is 31.3 Å². The summed E-state index contributed by atoms with van der Waals surface area (Å²) in [5.41, 5.74) is 0. The molecule has 1 atom stereocenters. The summed E-state index contributed by atoms with van der Waals surface area (Å²) in [5.74, 6) is 0. The molecule has 19 heavy (non-hydrogen) atoms. The van der Waals surface area contributed by atoms with Crippen LogP contribution in [0.25, 0.3) is 0 Å². The average Bonchev–Trinajstić information content (AvgIpc) is 2.40. The summed E-state index contributed by atoms with van der Waals surface area (Å²) < 4.78 is 26.3. The lowest BCUT2D eigenvalue weighted by molar-refractivity contribution is 0.337. The van der Waals surface area contributed by atoms with Crippen LogP contribution in [0.4, 0.5) is 0 Å². The lowest BCUT2D eigenvalue weighted by Gasteiger charge is -2.28. The largest absolute Gasteiger partial charge is 0.313 e. The minimum absolute atomic E-state index is 0.176. The second-order valence-corrected chi connectivity index (χ2v) is 7.28. The van der Waals surface area contributed by atoms with E-state index >= 15 is 0 Å². The molecule has 4 nitrogen and oxygen atoms in total. The molecule has 1 aliphatic heterocycles. The van der Waals surface area contributed by atoms with Gasteiger partial charge < -0.3 is 5.32 Å². The number of piperidine rings is 1. The Hall–Kier alpha value is -0.620. The van der Waals surface area contributed by atoms with Gasteiger partial charge in [-0.15, -0.1) is 0 Å². The lowest BCUT2D eigenvalue weighted by Crippen LogP contribution is -2.44. The lowest BCUT2D eigenvalue weighted by atomic mass is 10.1. The van der Waals surface area contributed by atoms with Gasteiger partial charge in [-0.2, -0.15) is 4.31 Å². The summed E-state index contributed by atoms with van der Waals surface area (Å²) in [6.07, 6.45) is 3.33. The standard InChI is InChI=1S/C13H19ClN2O2S/c1-16(10-11-6-4-5-9-15-11)19(17,18)13-8-3-2-7-12(13)14/h2-3,7-8,11,15H,4-6,9-10H2,1H3. The number of nitrogens with one attached hydrogen (secondary N) is 1. The van der Waals surface area contributed by atoms with E-state index in [0.717, 1.165) is 25.8 Å². The van der Waals surface area contributed by atoms with Gasteiger partial charge in [0, 0.05) is 19.6 Å². The van der Waals surface area contributed by atoms with E-state index < -0.39 is 10.0 Å². The Morgan fingerprint density at radius 3 is 2.74 bits per heavy atom. The van der Waals surface area contributed by atoms with Gasteiger partial charge in [0.2, 0.25) is 10.0 Å². The van der Waals surface area contributed by atoms with E-state index in [0.29, 0.717) is 6.54 Å². The quantitative estimate of drug-likeness (QED) is 0.926. The zero-order valence-corrected chi connectivity index (χ0v) is 12.5. The van der Waals surface area contributed by atoms with Gasteiger partial charge in [0.1, 0.15) is 4.90 Å². The van der Waals surface area contributed by atoms with Gasteiger partial charge in [0.05, 0.1) is 5.02 Å². The SMILES string of the molecule is CN(CC1CCCCN1)S(=O)(=O)c1ccccc1Cl. The molecule has 0 aliphatic carbocycles. The second kappa shape index (κ2) is 6.22. The van der Waals surface area contributed by atoms with Crippen molar-refractivity contribution in [3.05, 3.63) is 29.3 Å². The van der Waals surface area contributed by atoms with E-state index in [1.165, 1.54) is 4.31 Å². The van der Waals surface area contributed by atoms with Gasteiger partial charge in [-0.05, 0) is 31.5 Å². The Labute approximate surface area is 119 Å². The summed E-state index contributed by atoms with van der Waals surface area (Å²) in [6, 6.07) is 6.79. The van der Waals surface area contributed by atoms with Crippen molar-refractivity contribution in [3.8, 4) is 0 Å². The van der Waals surface area contributed by atoms with Crippen LogP contribution in [0.15, 0.2) is 29.2 Å². The zero-order chi connectivity index (χ0) is 13.9. The van der Waals surface area contributed by atoms with Crippen molar-refractivity contribution in [2.45, 2.75) is 30.2 Å². The Bertz CT molecular complexity index is 527. The van der Waals surface area contributed by atoms with Gasteiger partial charge >= 0.3 is 0 Å². The molecule has 0 bridgehead atoms. The maximum absolute atomic E-state index is 12.4. The number of benzene rings is 1. The van der Waals surface area contributed by atoms with Gasteiger partial charge in [-0.25, -0.2) is 8.42 Å². The highest BCUT2D eigenvalue weighted by Crippen LogP contribution is 2.24. The third-order valence-electron chi connectivity index (χ3n) is 3.41. The molecule has 1 aromatic carbocycles. The molecule has 0 radical (unpaired) electrons. The van der Waals surface area contributed by atoms with Gasteiger partial charge in [-0.3, -0.25) is 0 Å². The van der Waals surface area contributed by atoms with Crippen molar-refractivity contribution in [2.24, 2.45) is 0 Å². The van der Waals surface area contributed by atoms with Crippen LogP contribution in [0.3, 0.4) is 0 Å². The molecule has 6 heteroatoms. The van der Waals surface area contributed by atoms with Crippen LogP contribution >= 0.6 is 11.6 Å². The normalized spacial score (nSPS) is 20.7. The van der Waals surface area contributed by atoms with E-state index in [2.05, 4.69) is 5.32 Å². The molecular weight excluding hydrogens is 284 g/mol. The fraction of sp³-hybridized carbons (Fsp3) is 0.538. The Kier molecular flexibility index (Phi) is 4.84. The number of sulfonamides is 1. The van der Waals surface area contributed by atoms with Crippen molar-refractivity contribution in [2.75, 3.05) is 20.1 Å². The molecular formula is C13H19ClN2O2S. The highest BCUT2D eigenvalue weighted by atomic mass is 35.5. The van der Waals surface area contributed by atoms with Crippen LogP contribution in [0.1, 0.15) is 19.3 Å². The number of nitrogens with zero attached hydrogens (tertiary/aromatic N) is 1. The van der Waals surface area contributed by atoms with Crippen LogP contribution in [0.5, 0.6) is 0 Å². The Balaban J connectivity index is 2.13. The summed E-state index contributed by atoms with van der Waals surface area (Å²) >= 11 is 5.97. The van der Waals surface area contributed by atoms with Crippen LogP contribution in [-0.4, -0.2) is 38.9 Å². The molecule has 2 rings (SSSR count). The number of likely N-dealkylation sites (N-methyl/N-ethyl adjacent to an activating group) is 1. The number of hydrogen-bond donors (Lipinski definition) is 1. The molecule has 1 aliphatic rings. The second-order valence-electron chi connectivity index (χ2n) is 4.86. The van der Waals surface area contributed by atoms with Crippen molar-refractivity contribution in [1.29, 1.82) is 0 Å². The molecule has 1 saturated heterocycles. The molecule has 0 aromatic heterocycles. The minimum atomic E-state index is -3.51. The smallest absolute Gasteiger partial charge is 0.244 e. The Morgan fingerprint density at radius 2 is 2.11 bits per heavy atom. The first-order valence-corrected chi connectivity index (χ1v) is 8.28. The molecule has 0 amide bonds. The molecule has 0 saturated carbocycles. The van der Waals surface area contributed by atoms with Gasteiger partial charge in [0.15, 0.2) is 0 Å². The monoisotopic (exact) mass is 302 g/mol. The number of hydrogen-bond acceptors (Lipinski definition) is 3. The molecule has 1 unspecified atom stereocenters. The molecule has 1 N–H and O–H groups in total. The van der Waals surface area contributed by atoms with Crippen LogP contribution < -0.4 is 5.32 Å². The topological polar surface area (TPSA) is 49.4 Å². The predicted molar refractivity (Wildman–Crippen MR) is 76.9 cm³/mol. The Morgan fingerprint density at radius 1 is 1.37 bits per heavy atom. The summed E-state index contributed by atoms with van der Waals surface area (Å²) in [7, 11) is -1.90. The summed E-state index contributed by atoms with van der Waals surface area (Å²) in [6.45, 7) is 1.44. The van der Waals surface area contributed by atoms with Crippen LogP contribution in [0, 0.1) is 0 Å². The van der Waals surface area contributed by atoms with Crippen molar-refractivity contribution < 1.29 is 8.42 Å². The first-order chi connectivity index (χ1) is 9.01. The molecule has 1 heterocycles. The summed E-state index contributed by atoms with van der Waals surface area (Å²) in [5, 5.41) is 3.62. The fourth-order valence-corrected chi connectivity index (χ4v) is 4.02.